The molecule has 3 N–H and O–H groups in total. The van der Waals surface area contributed by atoms with Crippen molar-refractivity contribution in [2.45, 2.75) is 13.3 Å². The van der Waals surface area contributed by atoms with Gasteiger partial charge in [0, 0.05) is 0 Å². The summed E-state index contributed by atoms with van der Waals surface area (Å²) in [5.74, 6) is 5.57. The molecule has 0 aliphatic rings. The number of fused-ring (bicyclic) bond motifs is 2. The molecule has 3 aromatic heterocycles. The van der Waals surface area contributed by atoms with Gasteiger partial charge in [0.05, 0.1) is 26.2 Å². The van der Waals surface area contributed by atoms with Gasteiger partial charge in [-0.2, -0.15) is 5.10 Å². The number of nitrogen functional groups attached to an aromatic ring is 1. The van der Waals surface area contributed by atoms with Crippen molar-refractivity contribution in [2.75, 3.05) is 5.73 Å². The van der Waals surface area contributed by atoms with Crippen LogP contribution in [0.4, 0.5) is 10.2 Å². The Labute approximate surface area is 140 Å². The van der Waals surface area contributed by atoms with E-state index in [1.807, 2.05) is 6.92 Å². The summed E-state index contributed by atoms with van der Waals surface area (Å²) in [4.78, 5) is 12.4. The van der Waals surface area contributed by atoms with Crippen molar-refractivity contribution in [1.82, 2.24) is 25.1 Å². The molecule has 0 atom stereocenters. The van der Waals surface area contributed by atoms with Gasteiger partial charge in [0.2, 0.25) is 0 Å². The van der Waals surface area contributed by atoms with Crippen molar-refractivity contribution in [2.24, 2.45) is 0 Å². The van der Waals surface area contributed by atoms with Crippen LogP contribution in [0, 0.1) is 17.7 Å². The van der Waals surface area contributed by atoms with Gasteiger partial charge in [-0.05, 0) is 24.5 Å². The molecule has 0 saturated carbocycles. The van der Waals surface area contributed by atoms with Crippen molar-refractivity contribution in [3.8, 4) is 11.8 Å². The van der Waals surface area contributed by atoms with E-state index in [4.69, 9.17) is 5.73 Å². The van der Waals surface area contributed by atoms with Crippen LogP contribution in [-0.2, 0) is 6.42 Å². The van der Waals surface area contributed by atoms with E-state index in [-0.39, 0.29) is 17.2 Å². The van der Waals surface area contributed by atoms with E-state index < -0.39 is 0 Å². The molecule has 0 spiro atoms. The molecule has 6 nitrogen and oxygen atoms in total. The first-order valence-electron chi connectivity index (χ1n) is 7.21. The van der Waals surface area contributed by atoms with Crippen LogP contribution < -0.4 is 5.73 Å². The third kappa shape index (κ3) is 2.35. The Morgan fingerprint density at radius 2 is 2.17 bits per heavy atom. The van der Waals surface area contributed by atoms with E-state index >= 15 is 0 Å². The number of anilines is 1. The van der Waals surface area contributed by atoms with Crippen molar-refractivity contribution in [3.05, 3.63) is 40.5 Å². The smallest absolute Gasteiger partial charge is 0.187 e. The number of aromatic amines is 1. The maximum Gasteiger partial charge on any atom is 0.187 e. The van der Waals surface area contributed by atoms with Crippen LogP contribution in [0.15, 0.2) is 18.5 Å². The zero-order valence-corrected chi connectivity index (χ0v) is 13.4. The average Bonchev–Trinajstić information content (AvgIpc) is 3.16. The van der Waals surface area contributed by atoms with E-state index in [1.165, 1.54) is 23.7 Å². The van der Waals surface area contributed by atoms with Gasteiger partial charge in [-0.15, -0.1) is 11.3 Å². The molecule has 0 amide bonds. The molecule has 0 aliphatic heterocycles. The fraction of sp³-hybridized carbons (Fsp3) is 0.125. The molecule has 4 aromatic rings. The summed E-state index contributed by atoms with van der Waals surface area (Å²) in [6.07, 6.45) is 2.15. The topological polar surface area (TPSA) is 93.4 Å². The summed E-state index contributed by atoms with van der Waals surface area (Å²) in [6, 6.07) is 3.13. The van der Waals surface area contributed by atoms with Gasteiger partial charge < -0.3 is 5.73 Å². The quantitative estimate of drug-likeness (QED) is 0.520. The number of benzene rings is 1. The standard InChI is InChI=1S/C16H11FN6S/c1-2-13-21-11-5-8(9(17)6-12(11)24-13)3-4-10-14-15(18)19-7-20-16(14)23-22-10/h5-7H,2H2,1H3,(H3,18,19,20,22,23). The monoisotopic (exact) mass is 338 g/mol. The zero-order chi connectivity index (χ0) is 16.7. The normalized spacial score (nSPS) is 10.9. The van der Waals surface area contributed by atoms with Crippen LogP contribution >= 0.6 is 11.3 Å². The van der Waals surface area contributed by atoms with E-state index in [1.54, 1.807) is 6.07 Å². The lowest BCUT2D eigenvalue weighted by Gasteiger charge is -1.95. The molecule has 0 bridgehead atoms. The highest BCUT2D eigenvalue weighted by atomic mass is 32.1. The van der Waals surface area contributed by atoms with Crippen molar-refractivity contribution in [1.29, 1.82) is 0 Å². The summed E-state index contributed by atoms with van der Waals surface area (Å²) in [6.45, 7) is 2.02. The Balaban J connectivity index is 1.82. The number of H-pyrrole nitrogens is 1. The molecule has 0 saturated heterocycles. The fourth-order valence-electron chi connectivity index (χ4n) is 2.34. The molecule has 0 radical (unpaired) electrons. The van der Waals surface area contributed by atoms with Crippen LogP contribution in [-0.4, -0.2) is 25.1 Å². The Bertz CT molecular complexity index is 1130. The van der Waals surface area contributed by atoms with Crippen LogP contribution in [0.1, 0.15) is 23.2 Å². The molecule has 1 aromatic carbocycles. The van der Waals surface area contributed by atoms with Gasteiger partial charge in [-0.25, -0.2) is 19.3 Å². The van der Waals surface area contributed by atoms with Gasteiger partial charge in [-0.3, -0.25) is 5.10 Å². The summed E-state index contributed by atoms with van der Waals surface area (Å²) < 4.78 is 15.1. The summed E-state index contributed by atoms with van der Waals surface area (Å²) >= 11 is 1.49. The van der Waals surface area contributed by atoms with Crippen LogP contribution in [0.5, 0.6) is 0 Å². The lowest BCUT2D eigenvalue weighted by Crippen LogP contribution is -1.92. The number of nitrogens with one attached hydrogen (secondary N) is 1. The summed E-state index contributed by atoms with van der Waals surface area (Å²) in [5.41, 5.74) is 7.73. The fourth-order valence-corrected chi connectivity index (χ4v) is 3.26. The molecule has 0 fully saturated rings. The molecule has 0 unspecified atom stereocenters. The third-order valence-corrected chi connectivity index (χ3v) is 4.69. The number of nitrogens with zero attached hydrogens (tertiary/aromatic N) is 4. The van der Waals surface area contributed by atoms with E-state index in [9.17, 15) is 4.39 Å². The zero-order valence-electron chi connectivity index (χ0n) is 12.6. The van der Waals surface area contributed by atoms with Crippen molar-refractivity contribution >= 4 is 38.4 Å². The minimum absolute atomic E-state index is 0.272. The van der Waals surface area contributed by atoms with Crippen molar-refractivity contribution in [3.63, 3.8) is 0 Å². The maximum absolute atomic E-state index is 14.3. The second kappa shape index (κ2) is 5.54. The molecule has 24 heavy (non-hydrogen) atoms. The van der Waals surface area contributed by atoms with Crippen molar-refractivity contribution < 1.29 is 4.39 Å². The Morgan fingerprint density at radius 3 is 3.00 bits per heavy atom. The number of hydrogen-bond donors (Lipinski definition) is 2. The maximum atomic E-state index is 14.3. The first kappa shape index (κ1) is 14.5. The van der Waals surface area contributed by atoms with E-state index in [2.05, 4.69) is 37.0 Å². The first-order valence-corrected chi connectivity index (χ1v) is 8.03. The number of halogens is 1. The van der Waals surface area contributed by atoms with Gasteiger partial charge in [0.25, 0.3) is 0 Å². The molecule has 3 heterocycles. The highest BCUT2D eigenvalue weighted by molar-refractivity contribution is 7.18. The molecule has 4 rings (SSSR count). The second-order valence-corrected chi connectivity index (χ2v) is 6.18. The SMILES string of the molecule is CCc1nc2cc(C#Cc3[nH]nc4ncnc(N)c34)c(F)cc2s1. The van der Waals surface area contributed by atoms with Gasteiger partial charge in [0.15, 0.2) is 5.65 Å². The second-order valence-electron chi connectivity index (χ2n) is 5.07. The third-order valence-electron chi connectivity index (χ3n) is 3.53. The molecular formula is C16H11FN6S. The van der Waals surface area contributed by atoms with E-state index in [0.29, 0.717) is 16.7 Å². The van der Waals surface area contributed by atoms with Crippen LogP contribution in [0.25, 0.3) is 21.3 Å². The summed E-state index contributed by atoms with van der Waals surface area (Å²) in [7, 11) is 0. The first-order chi connectivity index (χ1) is 11.7. The average molecular weight is 338 g/mol. The lowest BCUT2D eigenvalue weighted by molar-refractivity contribution is 0.626. The number of nitrogens with two attached hydrogens (primary N) is 1. The lowest BCUT2D eigenvalue weighted by atomic mass is 10.2. The highest BCUT2D eigenvalue weighted by Gasteiger charge is 2.10. The molecular weight excluding hydrogens is 327 g/mol. The largest absolute Gasteiger partial charge is 0.383 e. The number of thiazole rings is 1. The number of rotatable bonds is 1. The van der Waals surface area contributed by atoms with Crippen LogP contribution in [0.2, 0.25) is 0 Å². The molecule has 0 aliphatic carbocycles. The van der Waals surface area contributed by atoms with Gasteiger partial charge >= 0.3 is 0 Å². The summed E-state index contributed by atoms with van der Waals surface area (Å²) in [5, 5.41) is 8.27. The molecule has 118 valence electrons. The highest BCUT2D eigenvalue weighted by Crippen LogP contribution is 2.25. The minimum Gasteiger partial charge on any atom is -0.383 e. The Hall–Kier alpha value is -3.05. The molecule has 8 heteroatoms. The minimum atomic E-state index is -0.380. The predicted octanol–water partition coefficient (Wildman–Crippen LogP) is 2.65. The Morgan fingerprint density at radius 1 is 1.29 bits per heavy atom. The van der Waals surface area contributed by atoms with Crippen LogP contribution in [0.3, 0.4) is 0 Å². The van der Waals surface area contributed by atoms with Gasteiger partial charge in [0.1, 0.15) is 23.7 Å². The number of hydrogen-bond acceptors (Lipinski definition) is 6. The predicted molar refractivity (Wildman–Crippen MR) is 91.0 cm³/mol. The van der Waals surface area contributed by atoms with Gasteiger partial charge in [-0.1, -0.05) is 12.8 Å². The number of aromatic nitrogens is 5. The Kier molecular flexibility index (Phi) is 3.36. The van der Waals surface area contributed by atoms with E-state index in [0.717, 1.165) is 21.6 Å². The number of aryl methyl sites for hydroxylation is 1.